The minimum Gasteiger partial charge on any atom is -0.355 e. The van der Waals surface area contributed by atoms with E-state index in [2.05, 4.69) is 59.9 Å². The average molecular weight is 386 g/mol. The van der Waals surface area contributed by atoms with Crippen LogP contribution in [0.25, 0.3) is 5.69 Å². The van der Waals surface area contributed by atoms with Crippen LogP contribution < -0.4 is 5.32 Å². The van der Waals surface area contributed by atoms with Crippen LogP contribution in [0.3, 0.4) is 0 Å². The normalized spacial score (nSPS) is 11.0. The highest BCUT2D eigenvalue weighted by molar-refractivity contribution is 7.99. The second kappa shape index (κ2) is 9.05. The number of hydrogen-bond donors (Lipinski definition) is 1. The van der Waals surface area contributed by atoms with Crippen LogP contribution in [0.1, 0.15) is 30.2 Å². The van der Waals surface area contributed by atoms with Crippen molar-refractivity contribution in [3.8, 4) is 5.69 Å². The third-order valence-electron chi connectivity index (χ3n) is 4.05. The zero-order chi connectivity index (χ0) is 18.4. The molecule has 0 saturated carbocycles. The molecule has 0 aliphatic rings. The number of rotatable bonds is 8. The minimum atomic E-state index is 0.0382. The smallest absolute Gasteiger partial charge is 0.230 e. The second-order valence-corrected chi connectivity index (χ2v) is 8.27. The van der Waals surface area contributed by atoms with Crippen LogP contribution in [-0.4, -0.2) is 27.8 Å². The van der Waals surface area contributed by atoms with Gasteiger partial charge in [-0.25, -0.2) is 4.98 Å². The highest BCUT2D eigenvalue weighted by Crippen LogP contribution is 2.22. The Morgan fingerprint density at radius 2 is 2.08 bits per heavy atom. The van der Waals surface area contributed by atoms with E-state index in [1.54, 1.807) is 17.5 Å². The van der Waals surface area contributed by atoms with E-state index >= 15 is 0 Å². The van der Waals surface area contributed by atoms with Crippen LogP contribution in [-0.2, 0) is 11.2 Å². The highest BCUT2D eigenvalue weighted by atomic mass is 32.2. The molecule has 26 heavy (non-hydrogen) atoms. The number of carbonyl (C=O) groups excluding carboxylic acids is 1. The Labute approximate surface area is 162 Å². The molecule has 3 aromatic rings. The Morgan fingerprint density at radius 1 is 1.27 bits per heavy atom. The Balaban J connectivity index is 1.52. The van der Waals surface area contributed by atoms with E-state index in [0.29, 0.717) is 18.2 Å². The van der Waals surface area contributed by atoms with E-state index in [0.717, 1.165) is 17.3 Å². The molecule has 6 heteroatoms. The Hall–Kier alpha value is -2.05. The van der Waals surface area contributed by atoms with Gasteiger partial charge in [0.1, 0.15) is 0 Å². The number of hydrogen-bond acceptors (Lipinski definition) is 4. The van der Waals surface area contributed by atoms with Crippen molar-refractivity contribution in [1.82, 2.24) is 14.9 Å². The molecular weight excluding hydrogens is 362 g/mol. The summed E-state index contributed by atoms with van der Waals surface area (Å²) in [4.78, 5) is 17.7. The molecular formula is C20H23N3OS2. The summed E-state index contributed by atoms with van der Waals surface area (Å²) in [5.41, 5.74) is 2.38. The Bertz CT molecular complexity index is 823. The van der Waals surface area contributed by atoms with E-state index in [-0.39, 0.29) is 5.91 Å². The van der Waals surface area contributed by atoms with Crippen molar-refractivity contribution in [2.45, 2.75) is 31.3 Å². The van der Waals surface area contributed by atoms with Crippen molar-refractivity contribution in [3.05, 3.63) is 64.6 Å². The summed E-state index contributed by atoms with van der Waals surface area (Å²) in [6.07, 6.45) is 4.58. The molecule has 0 radical (unpaired) electrons. The monoisotopic (exact) mass is 385 g/mol. The molecule has 1 N–H and O–H groups in total. The first-order chi connectivity index (χ1) is 12.6. The molecule has 0 aliphatic carbocycles. The average Bonchev–Trinajstić information content (AvgIpc) is 3.32. The van der Waals surface area contributed by atoms with Crippen LogP contribution in [0.4, 0.5) is 0 Å². The van der Waals surface area contributed by atoms with Gasteiger partial charge in [0.05, 0.1) is 5.75 Å². The molecule has 0 spiro atoms. The Morgan fingerprint density at radius 3 is 2.77 bits per heavy atom. The summed E-state index contributed by atoms with van der Waals surface area (Å²) in [5, 5.41) is 5.86. The molecule has 0 saturated heterocycles. The van der Waals surface area contributed by atoms with Crippen LogP contribution >= 0.6 is 23.1 Å². The lowest BCUT2D eigenvalue weighted by Crippen LogP contribution is -2.27. The standard InChI is InChI=1S/C20H23N3OS2/c1-15(2)16-5-7-17(8-6-16)23-12-11-22-20(23)26-14-19(24)21-10-9-18-4-3-13-25-18/h3-8,11-13,15H,9-10,14H2,1-2H3,(H,21,24). The van der Waals surface area contributed by atoms with Crippen LogP contribution in [0, 0.1) is 0 Å². The van der Waals surface area contributed by atoms with Gasteiger partial charge in [-0.2, -0.15) is 0 Å². The SMILES string of the molecule is CC(C)c1ccc(-n2ccnc2SCC(=O)NCCc2cccs2)cc1. The summed E-state index contributed by atoms with van der Waals surface area (Å²) in [6, 6.07) is 12.6. The molecule has 1 aromatic carbocycles. The molecule has 0 unspecified atom stereocenters. The predicted molar refractivity (Wildman–Crippen MR) is 109 cm³/mol. The number of nitrogens with zero attached hydrogens (tertiary/aromatic N) is 2. The first kappa shape index (κ1) is 18.7. The van der Waals surface area contributed by atoms with Crippen molar-refractivity contribution in [2.75, 3.05) is 12.3 Å². The van der Waals surface area contributed by atoms with Gasteiger partial charge in [-0.05, 0) is 41.5 Å². The van der Waals surface area contributed by atoms with Gasteiger partial charge in [0.15, 0.2) is 5.16 Å². The molecule has 4 nitrogen and oxygen atoms in total. The minimum absolute atomic E-state index is 0.0382. The maximum atomic E-state index is 12.1. The van der Waals surface area contributed by atoms with E-state index in [9.17, 15) is 4.79 Å². The van der Waals surface area contributed by atoms with Crippen molar-refractivity contribution in [1.29, 1.82) is 0 Å². The quantitative estimate of drug-likeness (QED) is 0.581. The van der Waals surface area contributed by atoms with E-state index in [1.165, 1.54) is 22.2 Å². The van der Waals surface area contributed by atoms with Gasteiger partial charge in [0.2, 0.25) is 5.91 Å². The molecule has 2 aromatic heterocycles. The number of nitrogens with one attached hydrogen (secondary N) is 1. The summed E-state index contributed by atoms with van der Waals surface area (Å²) < 4.78 is 2.02. The number of thiophene rings is 1. The lowest BCUT2D eigenvalue weighted by atomic mass is 10.0. The summed E-state index contributed by atoms with van der Waals surface area (Å²) in [7, 11) is 0. The zero-order valence-corrected chi connectivity index (χ0v) is 16.6. The third kappa shape index (κ3) is 4.99. The fraction of sp³-hybridized carbons (Fsp3) is 0.300. The zero-order valence-electron chi connectivity index (χ0n) is 15.0. The summed E-state index contributed by atoms with van der Waals surface area (Å²) in [6.45, 7) is 5.04. The Kier molecular flexibility index (Phi) is 6.52. The maximum Gasteiger partial charge on any atom is 0.230 e. The molecule has 0 bridgehead atoms. The van der Waals surface area contributed by atoms with Crippen molar-refractivity contribution >= 4 is 29.0 Å². The molecule has 0 atom stereocenters. The molecule has 0 aliphatic heterocycles. The predicted octanol–water partition coefficient (Wildman–Crippen LogP) is 4.51. The number of amides is 1. The summed E-state index contributed by atoms with van der Waals surface area (Å²) >= 11 is 3.18. The number of benzene rings is 1. The van der Waals surface area contributed by atoms with E-state index < -0.39 is 0 Å². The van der Waals surface area contributed by atoms with Gasteiger partial charge >= 0.3 is 0 Å². The maximum absolute atomic E-state index is 12.1. The van der Waals surface area contributed by atoms with Crippen molar-refractivity contribution in [3.63, 3.8) is 0 Å². The van der Waals surface area contributed by atoms with E-state index in [4.69, 9.17) is 0 Å². The number of imidazole rings is 1. The van der Waals surface area contributed by atoms with Crippen LogP contribution in [0.5, 0.6) is 0 Å². The molecule has 1 amide bonds. The topological polar surface area (TPSA) is 46.9 Å². The lowest BCUT2D eigenvalue weighted by molar-refractivity contribution is -0.118. The third-order valence-corrected chi connectivity index (χ3v) is 5.95. The second-order valence-electron chi connectivity index (χ2n) is 6.29. The molecule has 0 fully saturated rings. The molecule has 3 rings (SSSR count). The van der Waals surface area contributed by atoms with Gasteiger partial charge in [0.25, 0.3) is 0 Å². The first-order valence-corrected chi connectivity index (χ1v) is 10.6. The molecule has 136 valence electrons. The fourth-order valence-electron chi connectivity index (χ4n) is 2.57. The van der Waals surface area contributed by atoms with Crippen LogP contribution in [0.2, 0.25) is 0 Å². The fourth-order valence-corrected chi connectivity index (χ4v) is 4.09. The van der Waals surface area contributed by atoms with Gasteiger partial charge in [-0.1, -0.05) is 43.8 Å². The number of thioether (sulfide) groups is 1. The van der Waals surface area contributed by atoms with Gasteiger partial charge in [0, 0.05) is 29.5 Å². The summed E-state index contributed by atoms with van der Waals surface area (Å²) in [5.74, 6) is 0.917. The van der Waals surface area contributed by atoms with Crippen molar-refractivity contribution < 1.29 is 4.79 Å². The van der Waals surface area contributed by atoms with E-state index in [1.807, 2.05) is 16.8 Å². The van der Waals surface area contributed by atoms with Gasteiger partial charge < -0.3 is 5.32 Å². The highest BCUT2D eigenvalue weighted by Gasteiger charge is 2.09. The lowest BCUT2D eigenvalue weighted by Gasteiger charge is -2.10. The van der Waals surface area contributed by atoms with Gasteiger partial charge in [-0.3, -0.25) is 9.36 Å². The number of carbonyl (C=O) groups is 1. The molecule has 2 heterocycles. The van der Waals surface area contributed by atoms with Crippen LogP contribution in [0.15, 0.2) is 59.3 Å². The number of aromatic nitrogens is 2. The van der Waals surface area contributed by atoms with Gasteiger partial charge in [-0.15, -0.1) is 11.3 Å². The largest absolute Gasteiger partial charge is 0.355 e. The van der Waals surface area contributed by atoms with Crippen molar-refractivity contribution in [2.24, 2.45) is 0 Å². The first-order valence-electron chi connectivity index (χ1n) is 8.69.